The van der Waals surface area contributed by atoms with Gasteiger partial charge >= 0.3 is 0 Å². The first-order valence-corrected chi connectivity index (χ1v) is 14.5. The molecule has 0 aliphatic carbocycles. The molecule has 0 heterocycles. The Labute approximate surface area is 209 Å². The maximum Gasteiger partial charge on any atom is 0.268 e. The number of allylic oxidation sites excluding steroid dienone is 4. The number of rotatable bonds is 24. The molecular formula is C26H52NO6P. The number of unbranched alkanes of at least 4 members (excludes halogenated alkanes) is 8. The van der Waals surface area contributed by atoms with E-state index >= 15 is 0 Å². The fraction of sp³-hybridized carbons (Fsp3) is 0.846. The molecule has 0 N–H and O–H groups in total. The third kappa shape index (κ3) is 24.6. The summed E-state index contributed by atoms with van der Waals surface area (Å²) < 4.78 is 33.2. The molecule has 0 rings (SSSR count). The molecule has 0 spiro atoms. The molecule has 0 fully saturated rings. The van der Waals surface area contributed by atoms with E-state index in [1.165, 1.54) is 52.1 Å². The average molecular weight is 506 g/mol. The summed E-state index contributed by atoms with van der Waals surface area (Å²) in [6.07, 6.45) is 21.8. The van der Waals surface area contributed by atoms with Crippen LogP contribution in [0.3, 0.4) is 0 Å². The van der Waals surface area contributed by atoms with E-state index in [4.69, 9.17) is 18.5 Å². The summed E-state index contributed by atoms with van der Waals surface area (Å²) in [5.74, 6) is 0. The Morgan fingerprint density at radius 3 is 1.88 bits per heavy atom. The Bertz CT molecular complexity index is 562. The van der Waals surface area contributed by atoms with Gasteiger partial charge in [-0.05, 0) is 51.4 Å². The predicted octanol–water partition coefficient (Wildman–Crippen LogP) is 5.65. The third-order valence-corrected chi connectivity index (χ3v) is 6.24. The van der Waals surface area contributed by atoms with Crippen LogP contribution in [0.15, 0.2) is 24.3 Å². The van der Waals surface area contributed by atoms with Crippen molar-refractivity contribution in [1.82, 2.24) is 0 Å². The van der Waals surface area contributed by atoms with E-state index in [-0.39, 0.29) is 13.2 Å². The summed E-state index contributed by atoms with van der Waals surface area (Å²) in [6, 6.07) is 0. The first-order valence-electron chi connectivity index (χ1n) is 13.0. The van der Waals surface area contributed by atoms with Crippen LogP contribution in [0.5, 0.6) is 0 Å². The fourth-order valence-corrected chi connectivity index (χ4v) is 3.73. The van der Waals surface area contributed by atoms with Gasteiger partial charge < -0.3 is 27.9 Å². The lowest BCUT2D eigenvalue weighted by Gasteiger charge is -2.28. The van der Waals surface area contributed by atoms with Crippen molar-refractivity contribution in [1.29, 1.82) is 0 Å². The predicted molar refractivity (Wildman–Crippen MR) is 139 cm³/mol. The minimum atomic E-state index is -4.33. The molecule has 202 valence electrons. The summed E-state index contributed by atoms with van der Waals surface area (Å²) in [5.41, 5.74) is 0. The molecule has 34 heavy (non-hydrogen) atoms. The number of nitrogens with zero attached hydrogens (tertiary/aromatic N) is 1. The second-order valence-electron chi connectivity index (χ2n) is 9.74. The molecule has 8 heteroatoms. The van der Waals surface area contributed by atoms with Crippen molar-refractivity contribution in [2.45, 2.75) is 83.7 Å². The Hall–Kier alpha value is -0.530. The molecule has 0 aliphatic rings. The van der Waals surface area contributed by atoms with Gasteiger partial charge in [0.2, 0.25) is 0 Å². The van der Waals surface area contributed by atoms with Crippen LogP contribution < -0.4 is 4.89 Å². The molecule has 1 unspecified atom stereocenters. The summed E-state index contributed by atoms with van der Waals surface area (Å²) in [4.78, 5) is 11.8. The summed E-state index contributed by atoms with van der Waals surface area (Å²) in [7, 11) is 3.08. The average Bonchev–Trinajstić information content (AvgIpc) is 2.76. The standard InChI is InChI=1S/C26H52NO6P/c1-6-7-8-9-10-11-12-13-14-15-16-17-18-19-20-22-31-24-26(30-5)25-33-34(28,29)32-23-21-27(2,3)4/h9-10,15-16,26H,6-8,11-14,17-25H2,1-5H3/b10-9-,16-15-/t26-/m1/s1. The Kier molecular flexibility index (Phi) is 21.4. The maximum atomic E-state index is 11.8. The molecule has 0 amide bonds. The van der Waals surface area contributed by atoms with Gasteiger partial charge in [0.25, 0.3) is 7.82 Å². The smallest absolute Gasteiger partial charge is 0.268 e. The highest BCUT2D eigenvalue weighted by Gasteiger charge is 2.16. The van der Waals surface area contributed by atoms with E-state index in [0.29, 0.717) is 24.2 Å². The number of likely N-dealkylation sites (N-methyl/N-ethyl adjacent to an activating group) is 1. The molecule has 0 aromatic carbocycles. The molecule has 0 aliphatic heterocycles. The van der Waals surface area contributed by atoms with Gasteiger partial charge in [0.1, 0.15) is 19.3 Å². The van der Waals surface area contributed by atoms with Gasteiger partial charge in [-0.2, -0.15) is 0 Å². The van der Waals surface area contributed by atoms with Crippen LogP contribution >= 0.6 is 7.82 Å². The van der Waals surface area contributed by atoms with Crippen molar-refractivity contribution in [2.24, 2.45) is 0 Å². The molecular weight excluding hydrogens is 453 g/mol. The minimum absolute atomic E-state index is 0.0877. The van der Waals surface area contributed by atoms with Crippen molar-refractivity contribution in [3.8, 4) is 0 Å². The van der Waals surface area contributed by atoms with E-state index in [1.54, 1.807) is 0 Å². The van der Waals surface area contributed by atoms with Crippen LogP contribution in [-0.2, 0) is 23.1 Å². The molecule has 0 radical (unpaired) electrons. The van der Waals surface area contributed by atoms with Crippen molar-refractivity contribution in [3.05, 3.63) is 24.3 Å². The molecule has 7 nitrogen and oxygen atoms in total. The topological polar surface area (TPSA) is 77.1 Å². The van der Waals surface area contributed by atoms with Gasteiger partial charge in [-0.25, -0.2) is 0 Å². The molecule has 0 aromatic heterocycles. The van der Waals surface area contributed by atoms with Crippen molar-refractivity contribution < 1.29 is 32.5 Å². The number of ether oxygens (including phenoxy) is 2. The highest BCUT2D eigenvalue weighted by atomic mass is 31.2. The van der Waals surface area contributed by atoms with Crippen molar-refractivity contribution in [3.63, 3.8) is 0 Å². The number of hydrogen-bond donors (Lipinski definition) is 0. The second-order valence-corrected chi connectivity index (χ2v) is 11.2. The number of hydrogen-bond acceptors (Lipinski definition) is 6. The lowest BCUT2D eigenvalue weighted by atomic mass is 10.1. The Morgan fingerprint density at radius 1 is 0.794 bits per heavy atom. The van der Waals surface area contributed by atoms with Gasteiger partial charge in [-0.15, -0.1) is 0 Å². The lowest BCUT2D eigenvalue weighted by molar-refractivity contribution is -0.870. The van der Waals surface area contributed by atoms with Crippen LogP contribution in [0.25, 0.3) is 0 Å². The molecule has 0 saturated heterocycles. The van der Waals surface area contributed by atoms with Gasteiger partial charge in [0.05, 0.1) is 34.4 Å². The lowest BCUT2D eigenvalue weighted by Crippen LogP contribution is -2.37. The van der Waals surface area contributed by atoms with E-state index in [2.05, 4.69) is 31.2 Å². The van der Waals surface area contributed by atoms with Gasteiger partial charge in [0.15, 0.2) is 0 Å². The van der Waals surface area contributed by atoms with Gasteiger partial charge in [-0.3, -0.25) is 4.57 Å². The number of quaternary nitrogens is 1. The largest absolute Gasteiger partial charge is 0.756 e. The number of phosphoric acid groups is 1. The Morgan fingerprint density at radius 2 is 1.35 bits per heavy atom. The SMILES string of the molecule is CCCC/C=C\CCCC/C=C\CCCCCOC[C@H](COP(=O)([O-])OCC[N+](C)(C)C)OC. The number of methoxy groups -OCH3 is 1. The van der Waals surface area contributed by atoms with E-state index in [0.717, 1.165) is 25.7 Å². The molecule has 0 saturated carbocycles. The second kappa shape index (κ2) is 21.7. The fourth-order valence-electron chi connectivity index (χ4n) is 3.00. The first-order chi connectivity index (χ1) is 16.2. The number of phosphoric ester groups is 1. The normalized spacial score (nSPS) is 15.4. The van der Waals surface area contributed by atoms with E-state index in [9.17, 15) is 9.46 Å². The molecule has 2 atom stereocenters. The van der Waals surface area contributed by atoms with Crippen LogP contribution in [0.2, 0.25) is 0 Å². The zero-order valence-electron chi connectivity index (χ0n) is 22.5. The minimum Gasteiger partial charge on any atom is -0.756 e. The van der Waals surface area contributed by atoms with E-state index < -0.39 is 13.9 Å². The first kappa shape index (κ1) is 33.5. The maximum absolute atomic E-state index is 11.8. The van der Waals surface area contributed by atoms with Crippen LogP contribution in [-0.4, -0.2) is 71.8 Å². The van der Waals surface area contributed by atoms with Crippen LogP contribution in [0, 0.1) is 0 Å². The Balaban J connectivity index is 3.63. The highest BCUT2D eigenvalue weighted by Crippen LogP contribution is 2.38. The van der Waals surface area contributed by atoms with Crippen LogP contribution in [0.1, 0.15) is 77.6 Å². The van der Waals surface area contributed by atoms with E-state index in [1.807, 2.05) is 21.1 Å². The zero-order valence-corrected chi connectivity index (χ0v) is 23.4. The monoisotopic (exact) mass is 505 g/mol. The van der Waals surface area contributed by atoms with Crippen molar-refractivity contribution in [2.75, 3.05) is 61.2 Å². The van der Waals surface area contributed by atoms with Gasteiger partial charge in [0, 0.05) is 13.7 Å². The third-order valence-electron chi connectivity index (χ3n) is 5.28. The quantitative estimate of drug-likeness (QED) is 0.0730. The molecule has 0 bridgehead atoms. The molecule has 0 aromatic rings. The zero-order chi connectivity index (χ0) is 25.5. The van der Waals surface area contributed by atoms with Crippen LogP contribution in [0.4, 0.5) is 0 Å². The van der Waals surface area contributed by atoms with Crippen molar-refractivity contribution >= 4 is 7.82 Å². The highest BCUT2D eigenvalue weighted by molar-refractivity contribution is 7.45. The summed E-state index contributed by atoms with van der Waals surface area (Å²) in [5, 5.41) is 0. The van der Waals surface area contributed by atoms with Gasteiger partial charge in [-0.1, -0.05) is 50.5 Å². The summed E-state index contributed by atoms with van der Waals surface area (Å²) in [6.45, 7) is 3.70. The summed E-state index contributed by atoms with van der Waals surface area (Å²) >= 11 is 0.